The third-order valence-corrected chi connectivity index (χ3v) is 4.63. The van der Waals surface area contributed by atoms with Crippen LogP contribution in [0.15, 0.2) is 29.4 Å². The molecular formula is C19H31IN6O. The van der Waals surface area contributed by atoms with Crippen molar-refractivity contribution in [2.75, 3.05) is 19.7 Å². The van der Waals surface area contributed by atoms with Crippen LogP contribution < -0.4 is 10.6 Å². The predicted molar refractivity (Wildman–Crippen MR) is 119 cm³/mol. The van der Waals surface area contributed by atoms with Crippen LogP contribution in [0.2, 0.25) is 0 Å². The minimum Gasteiger partial charge on any atom is -0.378 e. The van der Waals surface area contributed by atoms with Gasteiger partial charge in [0.15, 0.2) is 17.4 Å². The Morgan fingerprint density at radius 2 is 2.07 bits per heavy atom. The average molecular weight is 486 g/mol. The summed E-state index contributed by atoms with van der Waals surface area (Å²) in [5.74, 6) is 1.64. The molecule has 2 heterocycles. The van der Waals surface area contributed by atoms with Crippen molar-refractivity contribution in [3.63, 3.8) is 0 Å². The van der Waals surface area contributed by atoms with E-state index < -0.39 is 0 Å². The number of guanidine groups is 1. The Hall–Kier alpha value is -1.42. The Balaban J connectivity index is 0.00000261. The normalized spacial score (nSPS) is 15.5. The first-order valence-corrected chi connectivity index (χ1v) is 9.79. The smallest absolute Gasteiger partial charge is 0.191 e. The van der Waals surface area contributed by atoms with Gasteiger partial charge in [0.2, 0.25) is 0 Å². The number of hydrogen-bond acceptors (Lipinski definition) is 4. The van der Waals surface area contributed by atoms with Crippen molar-refractivity contribution in [2.45, 2.75) is 58.1 Å². The maximum absolute atomic E-state index is 5.97. The molecule has 0 amide bonds. The van der Waals surface area contributed by atoms with Crippen molar-refractivity contribution in [3.05, 3.63) is 30.2 Å². The van der Waals surface area contributed by atoms with E-state index in [9.17, 15) is 0 Å². The van der Waals surface area contributed by atoms with Crippen LogP contribution in [0.4, 0.5) is 0 Å². The van der Waals surface area contributed by atoms with Gasteiger partial charge < -0.3 is 15.4 Å². The molecule has 1 fully saturated rings. The van der Waals surface area contributed by atoms with Crippen molar-refractivity contribution in [1.82, 2.24) is 25.2 Å². The lowest BCUT2D eigenvalue weighted by Gasteiger charge is -2.22. The first kappa shape index (κ1) is 21.9. The fourth-order valence-electron chi connectivity index (χ4n) is 3.25. The Labute approximate surface area is 178 Å². The highest BCUT2D eigenvalue weighted by molar-refractivity contribution is 14.0. The van der Waals surface area contributed by atoms with Gasteiger partial charge in [0.25, 0.3) is 0 Å². The molecule has 8 heteroatoms. The van der Waals surface area contributed by atoms with Gasteiger partial charge in [0, 0.05) is 25.9 Å². The van der Waals surface area contributed by atoms with Crippen LogP contribution in [0.25, 0.3) is 5.65 Å². The van der Waals surface area contributed by atoms with Crippen LogP contribution in [0.5, 0.6) is 0 Å². The summed E-state index contributed by atoms with van der Waals surface area (Å²) in [6.45, 7) is 5.03. The van der Waals surface area contributed by atoms with E-state index in [2.05, 4.69) is 32.7 Å². The van der Waals surface area contributed by atoms with E-state index in [1.54, 1.807) is 0 Å². The monoisotopic (exact) mass is 486 g/mol. The van der Waals surface area contributed by atoms with Crippen LogP contribution in [0, 0.1) is 0 Å². The van der Waals surface area contributed by atoms with Gasteiger partial charge in [-0.05, 0) is 38.3 Å². The van der Waals surface area contributed by atoms with Crippen molar-refractivity contribution >= 4 is 35.6 Å². The van der Waals surface area contributed by atoms with Gasteiger partial charge in [-0.3, -0.25) is 4.40 Å². The van der Waals surface area contributed by atoms with E-state index in [1.807, 2.05) is 28.8 Å². The van der Waals surface area contributed by atoms with E-state index in [0.717, 1.165) is 43.5 Å². The van der Waals surface area contributed by atoms with Crippen molar-refractivity contribution < 1.29 is 4.74 Å². The summed E-state index contributed by atoms with van der Waals surface area (Å²) in [7, 11) is 0. The van der Waals surface area contributed by atoms with Crippen molar-refractivity contribution in [1.29, 1.82) is 0 Å². The Bertz CT molecular complexity index is 698. The molecule has 27 heavy (non-hydrogen) atoms. The first-order valence-electron chi connectivity index (χ1n) is 9.79. The lowest BCUT2D eigenvalue weighted by atomic mass is 9.98. The second-order valence-corrected chi connectivity index (χ2v) is 6.65. The summed E-state index contributed by atoms with van der Waals surface area (Å²) in [5, 5.41) is 15.0. The van der Waals surface area contributed by atoms with Crippen LogP contribution >= 0.6 is 24.0 Å². The topological polar surface area (TPSA) is 75.8 Å². The van der Waals surface area contributed by atoms with E-state index in [0.29, 0.717) is 12.6 Å². The fourth-order valence-corrected chi connectivity index (χ4v) is 3.25. The SMILES string of the molecule is CCNC(=NCc1nnc2ccccn12)NCCCOC1CCCCC1.I. The van der Waals surface area contributed by atoms with Gasteiger partial charge in [-0.2, -0.15) is 0 Å². The molecule has 0 saturated heterocycles. The fraction of sp³-hybridized carbons (Fsp3) is 0.632. The highest BCUT2D eigenvalue weighted by atomic mass is 127. The number of fused-ring (bicyclic) bond motifs is 1. The third-order valence-electron chi connectivity index (χ3n) is 4.63. The molecule has 0 aromatic carbocycles. The summed E-state index contributed by atoms with van der Waals surface area (Å²) in [6, 6.07) is 5.87. The van der Waals surface area contributed by atoms with Crippen LogP contribution in [0.1, 0.15) is 51.3 Å². The summed E-state index contributed by atoms with van der Waals surface area (Å²) in [5.41, 5.74) is 0.843. The molecule has 0 aliphatic heterocycles. The van der Waals surface area contributed by atoms with E-state index in [4.69, 9.17) is 4.74 Å². The molecule has 7 nitrogen and oxygen atoms in total. The van der Waals surface area contributed by atoms with Crippen LogP contribution in [-0.2, 0) is 11.3 Å². The molecule has 2 N–H and O–H groups in total. The number of aliphatic imine (C=N–C) groups is 1. The van der Waals surface area contributed by atoms with Gasteiger partial charge in [-0.1, -0.05) is 25.3 Å². The van der Waals surface area contributed by atoms with Gasteiger partial charge in [0.05, 0.1) is 6.10 Å². The second-order valence-electron chi connectivity index (χ2n) is 6.65. The second kappa shape index (κ2) is 12.1. The average Bonchev–Trinajstić information content (AvgIpc) is 3.10. The van der Waals surface area contributed by atoms with Crippen molar-refractivity contribution in [3.8, 4) is 0 Å². The van der Waals surface area contributed by atoms with Crippen LogP contribution in [0.3, 0.4) is 0 Å². The first-order chi connectivity index (χ1) is 12.9. The number of halogens is 1. The Kier molecular flexibility index (Phi) is 9.82. The van der Waals surface area contributed by atoms with Crippen molar-refractivity contribution in [2.24, 2.45) is 4.99 Å². The lowest BCUT2D eigenvalue weighted by Crippen LogP contribution is -2.38. The summed E-state index contributed by atoms with van der Waals surface area (Å²) in [6.07, 6.45) is 9.87. The highest BCUT2D eigenvalue weighted by Crippen LogP contribution is 2.20. The molecule has 2 aromatic rings. The van der Waals surface area contributed by atoms with E-state index >= 15 is 0 Å². The standard InChI is InChI=1S/C19H30N6O.HI/c1-2-20-19(21-12-8-14-26-16-9-4-3-5-10-16)22-15-18-24-23-17-11-6-7-13-25(17)18;/h6-7,11,13,16H,2-5,8-10,12,14-15H2,1H3,(H2,20,21,22);1H. The zero-order valence-electron chi connectivity index (χ0n) is 16.1. The number of nitrogens with one attached hydrogen (secondary N) is 2. The summed E-state index contributed by atoms with van der Waals surface area (Å²) >= 11 is 0. The van der Waals surface area contributed by atoms with Gasteiger partial charge in [-0.15, -0.1) is 34.2 Å². The minimum absolute atomic E-state index is 0. The number of pyridine rings is 1. The number of rotatable bonds is 8. The number of aromatic nitrogens is 3. The molecule has 0 bridgehead atoms. The largest absolute Gasteiger partial charge is 0.378 e. The molecule has 0 spiro atoms. The van der Waals surface area contributed by atoms with E-state index in [-0.39, 0.29) is 24.0 Å². The molecule has 2 aromatic heterocycles. The number of nitrogens with zero attached hydrogens (tertiary/aromatic N) is 4. The molecule has 1 aliphatic rings. The molecular weight excluding hydrogens is 455 g/mol. The Morgan fingerprint density at radius 1 is 1.22 bits per heavy atom. The zero-order chi connectivity index (χ0) is 18.0. The quantitative estimate of drug-likeness (QED) is 0.260. The summed E-state index contributed by atoms with van der Waals surface area (Å²) in [4.78, 5) is 4.62. The maximum atomic E-state index is 5.97. The highest BCUT2D eigenvalue weighted by Gasteiger charge is 2.13. The van der Waals surface area contributed by atoms with Gasteiger partial charge >= 0.3 is 0 Å². The number of hydrogen-bond donors (Lipinski definition) is 2. The van der Waals surface area contributed by atoms with Gasteiger partial charge in [0.1, 0.15) is 6.54 Å². The predicted octanol–water partition coefficient (Wildman–Crippen LogP) is 3.14. The lowest BCUT2D eigenvalue weighted by molar-refractivity contribution is 0.0277. The molecule has 0 radical (unpaired) electrons. The molecule has 0 unspecified atom stereocenters. The summed E-state index contributed by atoms with van der Waals surface area (Å²) < 4.78 is 7.93. The third kappa shape index (κ3) is 6.91. The van der Waals surface area contributed by atoms with E-state index in [1.165, 1.54) is 32.1 Å². The molecule has 150 valence electrons. The van der Waals surface area contributed by atoms with Crippen LogP contribution in [-0.4, -0.2) is 46.4 Å². The molecule has 1 saturated carbocycles. The molecule has 0 atom stereocenters. The maximum Gasteiger partial charge on any atom is 0.191 e. The zero-order valence-corrected chi connectivity index (χ0v) is 18.4. The Morgan fingerprint density at radius 3 is 2.89 bits per heavy atom. The van der Waals surface area contributed by atoms with Gasteiger partial charge in [-0.25, -0.2) is 4.99 Å². The minimum atomic E-state index is 0. The molecule has 3 rings (SSSR count). The number of ether oxygens (including phenoxy) is 1. The molecule has 1 aliphatic carbocycles.